The summed E-state index contributed by atoms with van der Waals surface area (Å²) in [6.45, 7) is 1.48. The average Bonchev–Trinajstić information content (AvgIpc) is 2.65. The Morgan fingerprint density at radius 2 is 2.00 bits per heavy atom. The molecular formula is C9H13BrN2O4. The molecule has 16 heavy (non-hydrogen) atoms. The van der Waals surface area contributed by atoms with Crippen LogP contribution in [0.4, 0.5) is 0 Å². The van der Waals surface area contributed by atoms with E-state index >= 15 is 0 Å². The van der Waals surface area contributed by atoms with Gasteiger partial charge in [0.15, 0.2) is 0 Å². The summed E-state index contributed by atoms with van der Waals surface area (Å²) in [5.74, 6) is -2.75. The zero-order valence-electron chi connectivity index (χ0n) is 8.61. The number of rotatable bonds is 5. The number of carboxylic acid groups (broad SMARTS) is 2. The topological polar surface area (TPSA) is 92.4 Å². The predicted octanol–water partition coefficient (Wildman–Crippen LogP) is 1.20. The van der Waals surface area contributed by atoms with E-state index in [2.05, 4.69) is 4.98 Å². The van der Waals surface area contributed by atoms with Crippen LogP contribution in [0.2, 0.25) is 0 Å². The molecule has 1 aromatic heterocycles. The third kappa shape index (κ3) is 3.65. The summed E-state index contributed by atoms with van der Waals surface area (Å²) < 4.78 is 1.39. The number of nitrogens with zero attached hydrogens (tertiary/aromatic N) is 2. The van der Waals surface area contributed by atoms with Crippen LogP contribution in [-0.2, 0) is 9.59 Å². The highest BCUT2D eigenvalue weighted by molar-refractivity contribution is 8.93. The van der Waals surface area contributed by atoms with Crippen LogP contribution in [0, 0.1) is 5.92 Å². The van der Waals surface area contributed by atoms with Gasteiger partial charge in [-0.05, 0) is 6.42 Å². The van der Waals surface area contributed by atoms with Gasteiger partial charge in [-0.25, -0.2) is 9.78 Å². The molecule has 0 spiro atoms. The minimum Gasteiger partial charge on any atom is -0.481 e. The molecule has 0 aliphatic rings. The number of aromatic nitrogens is 2. The zero-order chi connectivity index (χ0) is 11.4. The van der Waals surface area contributed by atoms with Gasteiger partial charge in [0.05, 0.1) is 12.2 Å². The Balaban J connectivity index is 0.00000225. The summed E-state index contributed by atoms with van der Waals surface area (Å²) in [6.07, 6.45) is 4.38. The number of imidazole rings is 1. The van der Waals surface area contributed by atoms with Gasteiger partial charge in [0.2, 0.25) is 0 Å². The van der Waals surface area contributed by atoms with Crippen LogP contribution < -0.4 is 0 Å². The molecule has 0 saturated heterocycles. The van der Waals surface area contributed by atoms with Gasteiger partial charge in [-0.15, -0.1) is 17.0 Å². The first-order chi connectivity index (χ1) is 7.02. The smallest absolute Gasteiger partial charge is 0.326 e. The molecule has 0 aliphatic heterocycles. The predicted molar refractivity (Wildman–Crippen MR) is 60.6 cm³/mol. The van der Waals surface area contributed by atoms with Crippen molar-refractivity contribution in [2.24, 2.45) is 5.92 Å². The Hall–Kier alpha value is -1.37. The molecule has 0 saturated carbocycles. The van der Waals surface area contributed by atoms with Crippen LogP contribution in [0.1, 0.15) is 19.4 Å². The fourth-order valence-corrected chi connectivity index (χ4v) is 1.24. The lowest BCUT2D eigenvalue weighted by atomic mass is 10.0. The normalized spacial score (nSPS) is 13.6. The molecule has 2 atom stereocenters. The van der Waals surface area contributed by atoms with Crippen LogP contribution in [0.3, 0.4) is 0 Å². The van der Waals surface area contributed by atoms with E-state index in [4.69, 9.17) is 10.2 Å². The number of aliphatic carboxylic acids is 2. The van der Waals surface area contributed by atoms with Crippen molar-refractivity contribution >= 4 is 28.9 Å². The molecule has 0 aromatic carbocycles. The summed E-state index contributed by atoms with van der Waals surface area (Å²) in [5.41, 5.74) is 0. The van der Waals surface area contributed by atoms with Gasteiger partial charge >= 0.3 is 11.9 Å². The van der Waals surface area contributed by atoms with Crippen molar-refractivity contribution < 1.29 is 19.8 Å². The summed E-state index contributed by atoms with van der Waals surface area (Å²) in [7, 11) is 0. The standard InChI is InChI=1S/C9H12N2O4.BrH/c1-6(8(12)13)4-7(9(14)15)11-3-2-10-5-11;/h2-3,5-7H,4H2,1H3,(H,12,13)(H,14,15);1H. The van der Waals surface area contributed by atoms with Crippen molar-refractivity contribution in [3.63, 3.8) is 0 Å². The fourth-order valence-electron chi connectivity index (χ4n) is 1.24. The first-order valence-electron chi connectivity index (χ1n) is 4.45. The van der Waals surface area contributed by atoms with E-state index in [1.165, 1.54) is 30.2 Å². The quantitative estimate of drug-likeness (QED) is 0.851. The number of carboxylic acids is 2. The second kappa shape index (κ2) is 6.26. The first-order valence-corrected chi connectivity index (χ1v) is 4.45. The van der Waals surface area contributed by atoms with Crippen molar-refractivity contribution in [1.82, 2.24) is 9.55 Å². The lowest BCUT2D eigenvalue weighted by Crippen LogP contribution is -2.23. The van der Waals surface area contributed by atoms with Gasteiger partial charge in [-0.3, -0.25) is 4.79 Å². The number of hydrogen-bond donors (Lipinski definition) is 2. The molecule has 0 amide bonds. The van der Waals surface area contributed by atoms with Gasteiger partial charge in [-0.1, -0.05) is 6.92 Å². The lowest BCUT2D eigenvalue weighted by molar-refractivity contribution is -0.144. The number of hydrogen-bond acceptors (Lipinski definition) is 3. The van der Waals surface area contributed by atoms with E-state index in [9.17, 15) is 9.59 Å². The van der Waals surface area contributed by atoms with Crippen molar-refractivity contribution in [3.05, 3.63) is 18.7 Å². The molecule has 1 aromatic rings. The van der Waals surface area contributed by atoms with E-state index in [0.29, 0.717) is 0 Å². The molecule has 90 valence electrons. The molecule has 2 unspecified atom stereocenters. The summed E-state index contributed by atoms with van der Waals surface area (Å²) in [5, 5.41) is 17.6. The largest absolute Gasteiger partial charge is 0.481 e. The van der Waals surface area contributed by atoms with Crippen LogP contribution >= 0.6 is 17.0 Å². The van der Waals surface area contributed by atoms with Crippen LogP contribution in [0.25, 0.3) is 0 Å². The van der Waals surface area contributed by atoms with Crippen LogP contribution in [0.5, 0.6) is 0 Å². The summed E-state index contributed by atoms with van der Waals surface area (Å²) >= 11 is 0. The molecular weight excluding hydrogens is 280 g/mol. The van der Waals surface area contributed by atoms with Crippen molar-refractivity contribution in [2.75, 3.05) is 0 Å². The molecule has 0 fully saturated rings. The third-order valence-electron chi connectivity index (χ3n) is 2.17. The van der Waals surface area contributed by atoms with E-state index in [1.807, 2.05) is 0 Å². The molecule has 0 bridgehead atoms. The molecule has 0 radical (unpaired) electrons. The minimum absolute atomic E-state index is 0. The van der Waals surface area contributed by atoms with Crippen LogP contribution in [-0.4, -0.2) is 31.7 Å². The molecule has 1 heterocycles. The maximum Gasteiger partial charge on any atom is 0.326 e. The Bertz CT molecular complexity index is 352. The third-order valence-corrected chi connectivity index (χ3v) is 2.17. The second-order valence-electron chi connectivity index (χ2n) is 3.34. The van der Waals surface area contributed by atoms with Crippen molar-refractivity contribution in [1.29, 1.82) is 0 Å². The van der Waals surface area contributed by atoms with Gasteiger partial charge in [0, 0.05) is 12.4 Å². The highest BCUT2D eigenvalue weighted by atomic mass is 79.9. The highest BCUT2D eigenvalue weighted by Crippen LogP contribution is 2.17. The number of halogens is 1. The van der Waals surface area contributed by atoms with E-state index in [0.717, 1.165) is 0 Å². The molecule has 7 heteroatoms. The summed E-state index contributed by atoms with van der Waals surface area (Å²) in [6, 6.07) is -0.876. The number of carbonyl (C=O) groups is 2. The Morgan fingerprint density at radius 3 is 2.38 bits per heavy atom. The average molecular weight is 293 g/mol. The lowest BCUT2D eigenvalue weighted by Gasteiger charge is -2.15. The summed E-state index contributed by atoms with van der Waals surface area (Å²) in [4.78, 5) is 25.3. The highest BCUT2D eigenvalue weighted by Gasteiger charge is 2.24. The molecule has 0 aliphatic carbocycles. The second-order valence-corrected chi connectivity index (χ2v) is 3.34. The molecule has 1 rings (SSSR count). The van der Waals surface area contributed by atoms with E-state index < -0.39 is 23.9 Å². The van der Waals surface area contributed by atoms with E-state index in [-0.39, 0.29) is 23.4 Å². The van der Waals surface area contributed by atoms with Gasteiger partial charge < -0.3 is 14.8 Å². The van der Waals surface area contributed by atoms with E-state index in [1.54, 1.807) is 0 Å². The van der Waals surface area contributed by atoms with Gasteiger partial charge in [0.25, 0.3) is 0 Å². The maximum absolute atomic E-state index is 10.9. The monoisotopic (exact) mass is 292 g/mol. The molecule has 2 N–H and O–H groups in total. The van der Waals surface area contributed by atoms with Gasteiger partial charge in [-0.2, -0.15) is 0 Å². The maximum atomic E-state index is 10.9. The van der Waals surface area contributed by atoms with Crippen LogP contribution in [0.15, 0.2) is 18.7 Å². The Labute approximate surface area is 103 Å². The van der Waals surface area contributed by atoms with Gasteiger partial charge in [0.1, 0.15) is 6.04 Å². The van der Waals surface area contributed by atoms with Crippen molar-refractivity contribution in [3.8, 4) is 0 Å². The Kier molecular flexibility index (Phi) is 5.73. The minimum atomic E-state index is -1.05. The first kappa shape index (κ1) is 14.6. The Morgan fingerprint density at radius 1 is 1.38 bits per heavy atom. The SMILES string of the molecule is Br.CC(CC(C(=O)O)n1ccnc1)C(=O)O. The fraction of sp³-hybridized carbons (Fsp3) is 0.444. The van der Waals surface area contributed by atoms with Crippen molar-refractivity contribution in [2.45, 2.75) is 19.4 Å². The molecule has 6 nitrogen and oxygen atoms in total. The zero-order valence-corrected chi connectivity index (χ0v) is 10.3.